The summed E-state index contributed by atoms with van der Waals surface area (Å²) < 4.78 is 8.74. The minimum Gasteiger partial charge on any atom is -0.418 e. The van der Waals surface area contributed by atoms with Crippen molar-refractivity contribution in [2.75, 3.05) is 20.3 Å². The predicted octanol–water partition coefficient (Wildman–Crippen LogP) is -0.457. The van der Waals surface area contributed by atoms with E-state index in [-0.39, 0.29) is 0 Å². The number of methoxy groups -OCH3 is 1. The van der Waals surface area contributed by atoms with Gasteiger partial charge in [0.25, 0.3) is 0 Å². The monoisotopic (exact) mass is 89.1 g/mol. The highest BCUT2D eigenvalue weighted by molar-refractivity contribution is 4.63. The Morgan fingerprint density at radius 1 is 2.00 bits per heavy atom. The van der Waals surface area contributed by atoms with E-state index in [0.717, 1.165) is 13.2 Å². The highest BCUT2D eigenvalue weighted by Crippen LogP contribution is 2.01. The Bertz CT molecular complexity index is 40.8. The van der Waals surface area contributed by atoms with Gasteiger partial charge in [0.05, 0.1) is 0 Å². The summed E-state index contributed by atoms with van der Waals surface area (Å²) in [7, 11) is 1.70. The Labute approximate surface area is 37.1 Å². The first-order valence-electron chi connectivity index (χ1n) is 2.09. The van der Waals surface area contributed by atoms with E-state index in [1.807, 2.05) is 0 Å². The van der Waals surface area contributed by atoms with Crippen molar-refractivity contribution < 1.29 is 9.47 Å². The van der Waals surface area contributed by atoms with Crippen molar-refractivity contribution in [2.45, 2.75) is 6.10 Å². The van der Waals surface area contributed by atoms with Gasteiger partial charge in [-0.3, -0.25) is 0 Å². The highest BCUT2D eigenvalue weighted by atomic mass is 16.6. The van der Waals surface area contributed by atoms with Crippen molar-refractivity contribution in [1.29, 1.82) is 0 Å². The van der Waals surface area contributed by atoms with Crippen LogP contribution in [0.25, 0.3) is 0 Å². The minimum absolute atomic E-state index is 0.551. The van der Waals surface area contributed by atoms with Gasteiger partial charge in [-0.15, -0.1) is 0 Å². The highest BCUT2D eigenvalue weighted by Gasteiger charge is 2.30. The second-order valence-corrected chi connectivity index (χ2v) is 1.47. The van der Waals surface area contributed by atoms with Crippen LogP contribution < -0.4 is 0 Å². The Morgan fingerprint density at radius 3 is 2.83 bits per heavy atom. The van der Waals surface area contributed by atoms with Gasteiger partial charge in [-0.25, -0.2) is 0 Å². The third kappa shape index (κ3) is 0.954. The van der Waals surface area contributed by atoms with Crippen LogP contribution in [0.15, 0.2) is 0 Å². The van der Waals surface area contributed by atoms with Crippen molar-refractivity contribution in [2.24, 2.45) is 0 Å². The molecule has 2 nitrogen and oxygen atoms in total. The summed E-state index contributed by atoms with van der Waals surface area (Å²) in [6.45, 7) is 1.84. The van der Waals surface area contributed by atoms with Crippen molar-refractivity contribution in [3.63, 3.8) is 0 Å². The molecule has 1 N–H and O–H groups in total. The topological polar surface area (TPSA) is 22.0 Å². The number of aliphatic hydroxyl groups is 2. The molecule has 1 rings (SSSR count). The molecule has 1 heterocycles. The van der Waals surface area contributed by atoms with E-state index in [2.05, 4.69) is 4.74 Å². The third-order valence-electron chi connectivity index (χ3n) is 0.800. The van der Waals surface area contributed by atoms with Crippen LogP contribution in [-0.4, -0.2) is 31.2 Å². The van der Waals surface area contributed by atoms with Gasteiger partial charge in [0.1, 0.15) is 6.61 Å². The SMILES string of the molecule is COCC1C[OH+]1. The maximum Gasteiger partial charge on any atom is 0.248 e. The average Bonchev–Trinajstić information content (AvgIpc) is 2.21. The summed E-state index contributed by atoms with van der Waals surface area (Å²) in [5.74, 6) is 0. The van der Waals surface area contributed by atoms with Crippen molar-refractivity contribution in [3.8, 4) is 0 Å². The lowest BCUT2D eigenvalue weighted by molar-refractivity contribution is 0.116. The van der Waals surface area contributed by atoms with Gasteiger partial charge in [0.2, 0.25) is 12.7 Å². The molecule has 0 saturated carbocycles. The van der Waals surface area contributed by atoms with E-state index < -0.39 is 0 Å². The molecular weight excluding hydrogens is 80.0 g/mol. The normalized spacial score (nSPS) is 30.5. The van der Waals surface area contributed by atoms with Gasteiger partial charge < -0.3 is 9.47 Å². The molecule has 1 fully saturated rings. The first-order chi connectivity index (χ1) is 2.93. The van der Waals surface area contributed by atoms with Gasteiger partial charge in [-0.2, -0.15) is 0 Å². The van der Waals surface area contributed by atoms with Crippen LogP contribution in [0.3, 0.4) is 0 Å². The fourth-order valence-electron chi connectivity index (χ4n) is 0.372. The predicted molar refractivity (Wildman–Crippen MR) is 22.7 cm³/mol. The van der Waals surface area contributed by atoms with Crippen molar-refractivity contribution >= 4 is 0 Å². The van der Waals surface area contributed by atoms with E-state index >= 15 is 0 Å². The smallest absolute Gasteiger partial charge is 0.248 e. The van der Waals surface area contributed by atoms with Crippen LogP contribution in [0.1, 0.15) is 0 Å². The number of rotatable bonds is 2. The number of hydrogen-bond acceptors (Lipinski definition) is 1. The molecule has 6 heavy (non-hydrogen) atoms. The minimum atomic E-state index is 0.551. The maximum atomic E-state index is 4.77. The molecule has 0 bridgehead atoms. The standard InChI is InChI=1S/C4H8O2/c1-5-2-4-3-6-4/h4H,2-3H2,1H3/p+1. The second-order valence-electron chi connectivity index (χ2n) is 1.47. The molecule has 0 radical (unpaired) electrons. The zero-order valence-corrected chi connectivity index (χ0v) is 3.85. The number of epoxide rings is 1. The summed E-state index contributed by atoms with van der Waals surface area (Å²) in [4.78, 5) is 0. The quantitative estimate of drug-likeness (QED) is 0.331. The second kappa shape index (κ2) is 1.58. The molecule has 1 unspecified atom stereocenters. The molecule has 0 amide bonds. The van der Waals surface area contributed by atoms with Gasteiger partial charge in [0.15, 0.2) is 0 Å². The van der Waals surface area contributed by atoms with Crippen LogP contribution in [0.2, 0.25) is 0 Å². The average molecular weight is 89.1 g/mol. The molecular formula is C4H9O2+. The van der Waals surface area contributed by atoms with E-state index in [1.54, 1.807) is 7.11 Å². The molecule has 0 spiro atoms. The lowest BCUT2D eigenvalue weighted by Gasteiger charge is -1.80. The zero-order chi connectivity index (χ0) is 4.41. The van der Waals surface area contributed by atoms with Crippen molar-refractivity contribution in [1.82, 2.24) is 0 Å². The summed E-state index contributed by atoms with van der Waals surface area (Å²) in [5.41, 5.74) is 0. The molecule has 0 aromatic heterocycles. The first-order valence-corrected chi connectivity index (χ1v) is 2.09. The first kappa shape index (κ1) is 4.09. The lowest BCUT2D eigenvalue weighted by atomic mass is 10.5. The molecule has 0 aliphatic carbocycles. The van der Waals surface area contributed by atoms with Crippen LogP contribution in [0, 0.1) is 0 Å². The van der Waals surface area contributed by atoms with Gasteiger partial charge in [0, 0.05) is 7.11 Å². The van der Waals surface area contributed by atoms with E-state index in [0.29, 0.717) is 6.10 Å². The van der Waals surface area contributed by atoms with Gasteiger partial charge in [-0.1, -0.05) is 0 Å². The Kier molecular flexibility index (Phi) is 1.08. The lowest BCUT2D eigenvalue weighted by Crippen LogP contribution is -1.95. The zero-order valence-electron chi connectivity index (χ0n) is 3.85. The Morgan fingerprint density at radius 2 is 2.67 bits per heavy atom. The molecule has 0 aromatic rings. The summed E-state index contributed by atoms with van der Waals surface area (Å²) in [5, 5.41) is 0. The van der Waals surface area contributed by atoms with Crippen LogP contribution >= 0.6 is 0 Å². The Hall–Kier alpha value is -0.0800. The van der Waals surface area contributed by atoms with Gasteiger partial charge >= 0.3 is 0 Å². The molecule has 1 saturated heterocycles. The van der Waals surface area contributed by atoms with Crippen LogP contribution in [0.5, 0.6) is 0 Å². The Balaban J connectivity index is 1.88. The largest absolute Gasteiger partial charge is 0.418 e. The molecule has 1 aliphatic rings. The maximum absolute atomic E-state index is 4.77. The summed E-state index contributed by atoms with van der Waals surface area (Å²) in [6, 6.07) is 0. The molecule has 1 atom stereocenters. The van der Waals surface area contributed by atoms with Crippen molar-refractivity contribution in [3.05, 3.63) is 0 Å². The fraction of sp³-hybridized carbons (Fsp3) is 1.00. The van der Waals surface area contributed by atoms with E-state index in [1.165, 1.54) is 0 Å². The van der Waals surface area contributed by atoms with Crippen LogP contribution in [-0.2, 0) is 4.74 Å². The van der Waals surface area contributed by atoms with E-state index in [4.69, 9.17) is 4.74 Å². The number of ether oxygens (including phenoxy) is 2. The third-order valence-corrected chi connectivity index (χ3v) is 0.800. The molecule has 0 aromatic carbocycles. The van der Waals surface area contributed by atoms with Gasteiger partial charge in [-0.05, 0) is 0 Å². The summed E-state index contributed by atoms with van der Waals surface area (Å²) >= 11 is 0. The number of hydrogen-bond donors (Lipinski definition) is 0. The molecule has 2 heteroatoms. The van der Waals surface area contributed by atoms with Crippen LogP contribution in [0.4, 0.5) is 0 Å². The molecule has 1 aliphatic heterocycles. The fourth-order valence-corrected chi connectivity index (χ4v) is 0.372. The molecule has 36 valence electrons. The van der Waals surface area contributed by atoms with E-state index in [9.17, 15) is 0 Å². The summed E-state index contributed by atoms with van der Waals surface area (Å²) in [6.07, 6.45) is 0.551.